The van der Waals surface area contributed by atoms with Crippen LogP contribution in [0, 0.1) is 7.14 Å². The van der Waals surface area contributed by atoms with Crippen LogP contribution in [-0.2, 0) is 11.2 Å². The molecule has 0 aromatic heterocycles. The predicted octanol–water partition coefficient (Wildman–Crippen LogP) is 3.31. The van der Waals surface area contributed by atoms with Crippen LogP contribution in [0.4, 0.5) is 0 Å². The average Bonchev–Trinajstić information content (AvgIpc) is 2.58. The van der Waals surface area contributed by atoms with Crippen molar-refractivity contribution in [1.29, 1.82) is 0 Å². The predicted molar refractivity (Wildman–Crippen MR) is 113 cm³/mol. The molecule has 0 fully saturated rings. The fraction of sp³-hybridized carbons (Fsp3) is 0.176. The van der Waals surface area contributed by atoms with E-state index in [2.05, 4.69) is 33.1 Å². The number of methoxy groups -OCH3 is 2. The number of nitrogens with one attached hydrogen (secondary N) is 1. The van der Waals surface area contributed by atoms with Crippen LogP contribution >= 0.6 is 45.2 Å². The number of hydrogen-bond donors (Lipinski definition) is 2. The van der Waals surface area contributed by atoms with Crippen molar-refractivity contribution >= 4 is 57.3 Å². The van der Waals surface area contributed by atoms with Gasteiger partial charge in [0, 0.05) is 9.13 Å². The van der Waals surface area contributed by atoms with Gasteiger partial charge in [-0.15, -0.1) is 0 Å². The molecule has 0 heterocycles. The molecular weight excluding hydrogens is 550 g/mol. The van der Waals surface area contributed by atoms with Crippen molar-refractivity contribution in [3.05, 3.63) is 48.6 Å². The summed E-state index contributed by atoms with van der Waals surface area (Å²) >= 11 is 4.20. The fourth-order valence-corrected chi connectivity index (χ4v) is 3.96. The highest BCUT2D eigenvalue weighted by Gasteiger charge is 2.08. The molecule has 0 radical (unpaired) electrons. The summed E-state index contributed by atoms with van der Waals surface area (Å²) in [5.41, 5.74) is 3.77. The third-order valence-electron chi connectivity index (χ3n) is 3.26. The van der Waals surface area contributed by atoms with Gasteiger partial charge in [0.2, 0.25) is 5.91 Å². The van der Waals surface area contributed by atoms with Gasteiger partial charge >= 0.3 is 0 Å². The normalized spacial score (nSPS) is 10.7. The van der Waals surface area contributed by atoms with E-state index in [0.29, 0.717) is 17.1 Å². The molecule has 25 heavy (non-hydrogen) atoms. The smallest absolute Gasteiger partial charge is 0.244 e. The summed E-state index contributed by atoms with van der Waals surface area (Å²) in [5.74, 6) is 1.03. The Labute approximate surface area is 172 Å². The molecule has 0 aliphatic heterocycles. The Morgan fingerprint density at radius 3 is 2.60 bits per heavy atom. The number of carbonyl (C=O) groups excluding carboxylic acids is 1. The Hall–Kier alpha value is -1.56. The van der Waals surface area contributed by atoms with E-state index in [9.17, 15) is 9.90 Å². The number of rotatable bonds is 6. The zero-order valence-electron chi connectivity index (χ0n) is 13.5. The number of hydrazone groups is 1. The largest absolute Gasteiger partial charge is 0.506 e. The molecule has 1 amide bonds. The number of ether oxygens (including phenoxy) is 2. The minimum Gasteiger partial charge on any atom is -0.506 e. The summed E-state index contributed by atoms with van der Waals surface area (Å²) in [6, 6.07) is 8.91. The van der Waals surface area contributed by atoms with E-state index >= 15 is 0 Å². The van der Waals surface area contributed by atoms with Crippen molar-refractivity contribution in [1.82, 2.24) is 5.43 Å². The maximum absolute atomic E-state index is 12.0. The molecule has 8 heteroatoms. The molecule has 0 aliphatic rings. The van der Waals surface area contributed by atoms with E-state index in [1.165, 1.54) is 6.21 Å². The van der Waals surface area contributed by atoms with Gasteiger partial charge in [-0.3, -0.25) is 4.79 Å². The Kier molecular flexibility index (Phi) is 7.29. The summed E-state index contributed by atoms with van der Waals surface area (Å²) in [6.07, 6.45) is 1.57. The number of benzene rings is 2. The van der Waals surface area contributed by atoms with Crippen LogP contribution in [0.25, 0.3) is 0 Å². The topological polar surface area (TPSA) is 80.2 Å². The van der Waals surface area contributed by atoms with Crippen LogP contribution in [0.1, 0.15) is 11.1 Å². The van der Waals surface area contributed by atoms with E-state index in [4.69, 9.17) is 9.47 Å². The second-order valence-corrected chi connectivity index (χ2v) is 7.39. The van der Waals surface area contributed by atoms with Crippen molar-refractivity contribution in [2.45, 2.75) is 6.42 Å². The highest BCUT2D eigenvalue weighted by Crippen LogP contribution is 2.28. The van der Waals surface area contributed by atoms with Crippen molar-refractivity contribution in [3.8, 4) is 17.2 Å². The highest BCUT2D eigenvalue weighted by atomic mass is 127. The lowest BCUT2D eigenvalue weighted by Crippen LogP contribution is -2.19. The van der Waals surface area contributed by atoms with Gasteiger partial charge in [-0.05, 0) is 75.0 Å². The molecule has 0 spiro atoms. The van der Waals surface area contributed by atoms with Gasteiger partial charge in [-0.25, -0.2) is 5.43 Å². The molecule has 2 aromatic rings. The van der Waals surface area contributed by atoms with E-state index in [1.807, 2.05) is 28.7 Å². The maximum atomic E-state index is 12.0. The number of phenolic OH excluding ortho intramolecular Hbond substituents is 1. The van der Waals surface area contributed by atoms with Gasteiger partial charge in [-0.2, -0.15) is 5.10 Å². The van der Waals surface area contributed by atoms with Crippen LogP contribution < -0.4 is 14.9 Å². The van der Waals surface area contributed by atoms with Crippen LogP contribution in [0.15, 0.2) is 35.4 Å². The quantitative estimate of drug-likeness (QED) is 0.320. The minimum atomic E-state index is -0.275. The van der Waals surface area contributed by atoms with Gasteiger partial charge in [0.25, 0.3) is 0 Å². The van der Waals surface area contributed by atoms with Crippen molar-refractivity contribution in [2.24, 2.45) is 5.10 Å². The number of halogens is 2. The molecule has 132 valence electrons. The zero-order valence-corrected chi connectivity index (χ0v) is 17.9. The monoisotopic (exact) mass is 566 g/mol. The second kappa shape index (κ2) is 9.22. The molecule has 0 unspecified atom stereocenters. The van der Waals surface area contributed by atoms with Gasteiger partial charge in [-0.1, -0.05) is 6.07 Å². The average molecular weight is 566 g/mol. The number of hydrogen-bond acceptors (Lipinski definition) is 5. The lowest BCUT2D eigenvalue weighted by molar-refractivity contribution is -0.120. The molecule has 0 bridgehead atoms. The van der Waals surface area contributed by atoms with E-state index in [1.54, 1.807) is 38.5 Å². The van der Waals surface area contributed by atoms with Crippen LogP contribution in [0.3, 0.4) is 0 Å². The minimum absolute atomic E-state index is 0.138. The first kappa shape index (κ1) is 19.8. The summed E-state index contributed by atoms with van der Waals surface area (Å²) in [5, 5.41) is 13.9. The third-order valence-corrected chi connectivity index (χ3v) is 4.71. The highest BCUT2D eigenvalue weighted by molar-refractivity contribution is 14.1. The number of carbonyl (C=O) groups is 1. The van der Waals surface area contributed by atoms with Crippen LogP contribution in [0.2, 0.25) is 0 Å². The first-order chi connectivity index (χ1) is 11.9. The van der Waals surface area contributed by atoms with Crippen molar-refractivity contribution in [3.63, 3.8) is 0 Å². The van der Waals surface area contributed by atoms with Gasteiger partial charge in [0.05, 0.1) is 30.4 Å². The SMILES string of the molecule is COc1ccc(CC(=O)N/N=C\c2cc(I)cc(I)c2O)cc1OC. The summed E-state index contributed by atoms with van der Waals surface area (Å²) in [6.45, 7) is 0. The standard InChI is InChI=1S/C17H16I2N2O4/c1-24-14-4-3-10(5-15(14)25-2)6-16(22)21-20-9-11-7-12(18)8-13(19)17(11)23/h3-5,7-9,23H,6H2,1-2H3,(H,21,22)/b20-9-. The molecule has 0 aliphatic carbocycles. The fourth-order valence-electron chi connectivity index (χ4n) is 2.07. The summed E-state index contributed by atoms with van der Waals surface area (Å²) < 4.78 is 12.1. The Morgan fingerprint density at radius 1 is 1.20 bits per heavy atom. The molecule has 0 atom stereocenters. The van der Waals surface area contributed by atoms with Crippen molar-refractivity contribution in [2.75, 3.05) is 14.2 Å². The summed E-state index contributed by atoms with van der Waals surface area (Å²) in [4.78, 5) is 12.0. The van der Waals surface area contributed by atoms with E-state index < -0.39 is 0 Å². The van der Waals surface area contributed by atoms with Gasteiger partial charge < -0.3 is 14.6 Å². The number of nitrogens with zero attached hydrogens (tertiary/aromatic N) is 1. The lowest BCUT2D eigenvalue weighted by Gasteiger charge is -2.09. The number of amides is 1. The van der Waals surface area contributed by atoms with E-state index in [-0.39, 0.29) is 18.1 Å². The molecule has 0 saturated carbocycles. The molecule has 2 aromatic carbocycles. The molecule has 2 rings (SSSR count). The Morgan fingerprint density at radius 2 is 1.92 bits per heavy atom. The first-order valence-corrected chi connectivity index (χ1v) is 9.31. The zero-order chi connectivity index (χ0) is 18.4. The van der Waals surface area contributed by atoms with Crippen LogP contribution in [-0.4, -0.2) is 31.4 Å². The van der Waals surface area contributed by atoms with Crippen LogP contribution in [0.5, 0.6) is 17.2 Å². The maximum Gasteiger partial charge on any atom is 0.244 e. The van der Waals surface area contributed by atoms with Gasteiger partial charge in [0.1, 0.15) is 5.75 Å². The second-order valence-electron chi connectivity index (χ2n) is 4.98. The molecule has 6 nitrogen and oxygen atoms in total. The number of phenols is 1. The number of aromatic hydroxyl groups is 1. The van der Waals surface area contributed by atoms with E-state index in [0.717, 1.165) is 12.7 Å². The first-order valence-electron chi connectivity index (χ1n) is 7.15. The molecular formula is C17H16I2N2O4. The Bertz CT molecular complexity index is 809. The third kappa shape index (κ3) is 5.46. The Balaban J connectivity index is 2.01. The molecule has 2 N–H and O–H groups in total. The van der Waals surface area contributed by atoms with Crippen molar-refractivity contribution < 1.29 is 19.4 Å². The summed E-state index contributed by atoms with van der Waals surface area (Å²) in [7, 11) is 3.10. The van der Waals surface area contributed by atoms with Gasteiger partial charge in [0.15, 0.2) is 11.5 Å². The molecule has 0 saturated heterocycles. The lowest BCUT2D eigenvalue weighted by atomic mass is 10.1.